The van der Waals surface area contributed by atoms with Crippen LogP contribution >= 0.6 is 0 Å². The highest BCUT2D eigenvalue weighted by molar-refractivity contribution is 5.81. The third-order valence-corrected chi connectivity index (χ3v) is 4.48. The number of aromatic hydroxyl groups is 1. The Morgan fingerprint density at radius 1 is 1.23 bits per heavy atom. The van der Waals surface area contributed by atoms with Crippen LogP contribution in [0.2, 0.25) is 0 Å². The molecule has 0 saturated carbocycles. The molecule has 0 saturated heterocycles. The number of nitrogens with zero attached hydrogens (tertiary/aromatic N) is 1. The van der Waals surface area contributed by atoms with E-state index < -0.39 is 0 Å². The van der Waals surface area contributed by atoms with Crippen LogP contribution in [-0.4, -0.2) is 34.5 Å². The second-order valence-corrected chi connectivity index (χ2v) is 6.23. The van der Waals surface area contributed by atoms with Crippen LogP contribution in [-0.2, 0) is 4.74 Å². The average Bonchev–Trinajstić information content (AvgIpc) is 3.15. The molecule has 0 bridgehead atoms. The van der Waals surface area contributed by atoms with E-state index in [0.717, 1.165) is 35.2 Å². The van der Waals surface area contributed by atoms with Gasteiger partial charge >= 0.3 is 0 Å². The number of hydrogen-bond donors (Lipinski definition) is 2. The summed E-state index contributed by atoms with van der Waals surface area (Å²) in [6.45, 7) is 4.39. The molecule has 26 heavy (non-hydrogen) atoms. The summed E-state index contributed by atoms with van der Waals surface area (Å²) in [5.41, 5.74) is 4.35. The van der Waals surface area contributed by atoms with E-state index in [1.54, 1.807) is 18.3 Å². The number of aromatic nitrogens is 1. The van der Waals surface area contributed by atoms with Crippen LogP contribution in [0.25, 0.3) is 11.6 Å². The highest BCUT2D eigenvalue weighted by atomic mass is 16.5. The van der Waals surface area contributed by atoms with Gasteiger partial charge in [0.05, 0.1) is 25.0 Å². The number of aliphatic hydroxyl groups is 1. The summed E-state index contributed by atoms with van der Waals surface area (Å²) >= 11 is 0. The maximum atomic E-state index is 10.1. The highest BCUT2D eigenvalue weighted by Gasteiger charge is 2.22. The van der Waals surface area contributed by atoms with Crippen molar-refractivity contribution in [3.63, 3.8) is 0 Å². The Morgan fingerprint density at radius 2 is 2.04 bits per heavy atom. The van der Waals surface area contributed by atoms with Crippen molar-refractivity contribution >= 4 is 11.6 Å². The number of allylic oxidation sites excluding steroid dienone is 1. The van der Waals surface area contributed by atoms with Gasteiger partial charge in [-0.1, -0.05) is 36.9 Å². The summed E-state index contributed by atoms with van der Waals surface area (Å²) in [6, 6.07) is 13.0. The summed E-state index contributed by atoms with van der Waals surface area (Å²) in [7, 11) is 0. The molecule has 0 spiro atoms. The second kappa shape index (κ2) is 8.61. The van der Waals surface area contributed by atoms with Gasteiger partial charge in [0.15, 0.2) is 0 Å². The van der Waals surface area contributed by atoms with Crippen LogP contribution in [0.4, 0.5) is 0 Å². The van der Waals surface area contributed by atoms with Crippen LogP contribution in [0.3, 0.4) is 0 Å². The molecule has 2 heterocycles. The van der Waals surface area contributed by atoms with E-state index in [2.05, 4.69) is 11.6 Å². The molecular weight excluding hydrogens is 326 g/mol. The van der Waals surface area contributed by atoms with Gasteiger partial charge in [-0.15, -0.1) is 0 Å². The van der Waals surface area contributed by atoms with Gasteiger partial charge in [0, 0.05) is 11.8 Å². The molecule has 4 nitrogen and oxygen atoms in total. The lowest BCUT2D eigenvalue weighted by Gasteiger charge is -2.17. The molecule has 3 rings (SSSR count). The molecule has 1 atom stereocenters. The second-order valence-electron chi connectivity index (χ2n) is 6.23. The van der Waals surface area contributed by atoms with Crippen molar-refractivity contribution in [1.82, 2.24) is 4.98 Å². The lowest BCUT2D eigenvalue weighted by molar-refractivity contribution is 0.116. The van der Waals surface area contributed by atoms with Gasteiger partial charge in [-0.25, -0.2) is 0 Å². The molecule has 2 N–H and O–H groups in total. The number of pyridine rings is 1. The zero-order chi connectivity index (χ0) is 18.4. The quantitative estimate of drug-likeness (QED) is 0.794. The van der Waals surface area contributed by atoms with Gasteiger partial charge in [0.2, 0.25) is 0 Å². The number of hydrogen-bond acceptors (Lipinski definition) is 4. The molecule has 1 aliphatic rings. The van der Waals surface area contributed by atoms with Crippen molar-refractivity contribution < 1.29 is 14.9 Å². The summed E-state index contributed by atoms with van der Waals surface area (Å²) in [4.78, 5) is 4.46. The van der Waals surface area contributed by atoms with Crippen LogP contribution in [0.15, 0.2) is 72.5 Å². The minimum absolute atomic E-state index is 0.0630. The molecule has 134 valence electrons. The molecule has 4 heteroatoms. The average molecular weight is 349 g/mol. The molecule has 0 amide bonds. The Morgan fingerprint density at radius 3 is 2.77 bits per heavy atom. The molecular formula is C22H23NO3. The SMILES string of the molecule is C=C(CO)C1=CCOC1CC/C(=C/c1ccccc1O)c1ccccn1. The Hall–Kier alpha value is -2.69. The number of phenolic OH excluding ortho intramolecular Hbond substituents is 1. The van der Waals surface area contributed by atoms with Gasteiger partial charge in [-0.3, -0.25) is 4.98 Å². The van der Waals surface area contributed by atoms with E-state index in [1.165, 1.54) is 0 Å². The molecule has 0 radical (unpaired) electrons. The number of ether oxygens (including phenoxy) is 1. The molecule has 1 aromatic carbocycles. The van der Waals surface area contributed by atoms with Crippen molar-refractivity contribution in [1.29, 1.82) is 0 Å². The highest BCUT2D eigenvalue weighted by Crippen LogP contribution is 2.30. The van der Waals surface area contributed by atoms with E-state index in [9.17, 15) is 10.2 Å². The van der Waals surface area contributed by atoms with Crippen molar-refractivity contribution in [2.24, 2.45) is 0 Å². The van der Waals surface area contributed by atoms with Gasteiger partial charge < -0.3 is 14.9 Å². The summed E-state index contributed by atoms with van der Waals surface area (Å²) < 4.78 is 5.79. The van der Waals surface area contributed by atoms with E-state index in [4.69, 9.17) is 4.74 Å². The Kier molecular flexibility index (Phi) is 6.00. The number of para-hydroxylation sites is 1. The standard InChI is InChI=1S/C22H23NO3/c1-16(15-24)19-11-13-26-22(19)10-9-17(20-7-4-5-12-23-20)14-18-6-2-3-8-21(18)25/h2-8,11-12,14,22,24-25H,1,9-10,13,15H2/b17-14-. The van der Waals surface area contributed by atoms with E-state index >= 15 is 0 Å². The number of phenols is 1. The first kappa shape index (κ1) is 18.1. The molecule has 0 aliphatic carbocycles. The maximum absolute atomic E-state index is 10.1. The summed E-state index contributed by atoms with van der Waals surface area (Å²) in [5, 5.41) is 19.4. The molecule has 1 aliphatic heterocycles. The van der Waals surface area contributed by atoms with Crippen molar-refractivity contribution in [3.05, 3.63) is 83.7 Å². The lowest BCUT2D eigenvalue weighted by atomic mass is 9.95. The fourth-order valence-electron chi connectivity index (χ4n) is 3.09. The molecule has 1 unspecified atom stereocenters. The number of rotatable bonds is 7. The van der Waals surface area contributed by atoms with Gasteiger partial charge in [0.1, 0.15) is 5.75 Å². The van der Waals surface area contributed by atoms with Crippen LogP contribution in [0.1, 0.15) is 24.1 Å². The topological polar surface area (TPSA) is 62.6 Å². The van der Waals surface area contributed by atoms with Crippen molar-refractivity contribution in [3.8, 4) is 5.75 Å². The molecule has 0 fully saturated rings. The fourth-order valence-corrected chi connectivity index (χ4v) is 3.09. The zero-order valence-electron chi connectivity index (χ0n) is 14.6. The molecule has 2 aromatic rings. The number of benzene rings is 1. The number of aliphatic hydroxyl groups excluding tert-OH is 1. The largest absolute Gasteiger partial charge is 0.507 e. The first-order valence-corrected chi connectivity index (χ1v) is 8.69. The summed E-state index contributed by atoms with van der Waals surface area (Å²) in [6.07, 6.45) is 7.12. The first-order valence-electron chi connectivity index (χ1n) is 8.69. The normalized spacial score (nSPS) is 17.2. The smallest absolute Gasteiger partial charge is 0.122 e. The maximum Gasteiger partial charge on any atom is 0.122 e. The summed E-state index contributed by atoms with van der Waals surface area (Å²) in [5.74, 6) is 0.243. The third kappa shape index (κ3) is 4.28. The van der Waals surface area contributed by atoms with E-state index in [0.29, 0.717) is 12.2 Å². The Bertz CT molecular complexity index is 824. The monoisotopic (exact) mass is 349 g/mol. The van der Waals surface area contributed by atoms with E-state index in [1.807, 2.05) is 42.5 Å². The zero-order valence-corrected chi connectivity index (χ0v) is 14.6. The minimum Gasteiger partial charge on any atom is -0.507 e. The molecule has 1 aromatic heterocycles. The van der Waals surface area contributed by atoms with Gasteiger partial charge in [0.25, 0.3) is 0 Å². The minimum atomic E-state index is -0.0777. The Labute approximate surface area is 153 Å². The predicted molar refractivity (Wildman–Crippen MR) is 103 cm³/mol. The van der Waals surface area contributed by atoms with Crippen LogP contribution < -0.4 is 0 Å². The van der Waals surface area contributed by atoms with Crippen molar-refractivity contribution in [2.45, 2.75) is 18.9 Å². The predicted octanol–water partition coefficient (Wildman–Crippen LogP) is 3.98. The van der Waals surface area contributed by atoms with E-state index in [-0.39, 0.29) is 18.5 Å². The Balaban J connectivity index is 1.83. The van der Waals surface area contributed by atoms with Crippen molar-refractivity contribution in [2.75, 3.05) is 13.2 Å². The first-order chi connectivity index (χ1) is 12.7. The van der Waals surface area contributed by atoms with Crippen LogP contribution in [0.5, 0.6) is 5.75 Å². The lowest BCUT2D eigenvalue weighted by Crippen LogP contribution is -2.13. The van der Waals surface area contributed by atoms with Gasteiger partial charge in [-0.2, -0.15) is 0 Å². The third-order valence-electron chi connectivity index (χ3n) is 4.48. The van der Waals surface area contributed by atoms with Gasteiger partial charge in [-0.05, 0) is 53.8 Å². The van der Waals surface area contributed by atoms with Crippen LogP contribution in [0, 0.1) is 0 Å². The fraction of sp³-hybridized carbons (Fsp3) is 0.227.